The fraction of sp³-hybridized carbons (Fsp3) is 0.167. The van der Waals surface area contributed by atoms with Gasteiger partial charge in [0.05, 0.1) is 24.0 Å². The number of hydrogen-bond donors (Lipinski definition) is 1. The Hall–Kier alpha value is -3.13. The lowest BCUT2D eigenvalue weighted by Crippen LogP contribution is -2.39. The maximum Gasteiger partial charge on any atom is 0.328 e. The van der Waals surface area contributed by atoms with Gasteiger partial charge in [0.15, 0.2) is 5.82 Å². The highest BCUT2D eigenvalue weighted by Gasteiger charge is 2.24. The third-order valence-electron chi connectivity index (χ3n) is 3.88. The largest absolute Gasteiger partial charge is 0.467 e. The van der Waals surface area contributed by atoms with Crippen molar-refractivity contribution in [1.29, 1.82) is 0 Å². The smallest absolute Gasteiger partial charge is 0.328 e. The zero-order valence-electron chi connectivity index (χ0n) is 14.5. The van der Waals surface area contributed by atoms with Crippen LogP contribution in [0.2, 0.25) is 5.02 Å². The first-order chi connectivity index (χ1) is 12.9. The number of ether oxygens (including phenoxy) is 1. The number of esters is 1. The van der Waals surface area contributed by atoms with Crippen LogP contribution in [0, 0.1) is 5.82 Å². The van der Waals surface area contributed by atoms with Gasteiger partial charge in [-0.05, 0) is 31.2 Å². The highest BCUT2D eigenvalue weighted by Crippen LogP contribution is 2.26. The van der Waals surface area contributed by atoms with Crippen LogP contribution in [0.5, 0.6) is 0 Å². The maximum atomic E-state index is 13.7. The third kappa shape index (κ3) is 3.70. The summed E-state index contributed by atoms with van der Waals surface area (Å²) in [7, 11) is 1.24. The summed E-state index contributed by atoms with van der Waals surface area (Å²) >= 11 is 6.20. The molecule has 1 unspecified atom stereocenters. The quantitative estimate of drug-likeness (QED) is 0.679. The molecule has 2 aromatic heterocycles. The summed E-state index contributed by atoms with van der Waals surface area (Å²) in [6.45, 7) is 1.51. The Kier molecular flexibility index (Phi) is 5.27. The number of hydrogen-bond acceptors (Lipinski definition) is 4. The zero-order chi connectivity index (χ0) is 19.6. The molecule has 1 atom stereocenters. The SMILES string of the molecule is COC(=O)C(C)NC(=O)c1cnn(-c2cc(F)ccc2Cl)c1-n1cccc1. The number of halogens is 2. The van der Waals surface area contributed by atoms with Gasteiger partial charge in [0.2, 0.25) is 0 Å². The Bertz CT molecular complexity index is 985. The Balaban J connectivity index is 2.09. The molecule has 0 aliphatic heterocycles. The molecule has 140 valence electrons. The van der Waals surface area contributed by atoms with Crippen molar-refractivity contribution in [1.82, 2.24) is 19.7 Å². The van der Waals surface area contributed by atoms with E-state index in [1.165, 1.54) is 43.1 Å². The van der Waals surface area contributed by atoms with E-state index in [4.69, 9.17) is 11.6 Å². The van der Waals surface area contributed by atoms with E-state index in [2.05, 4.69) is 15.2 Å². The first-order valence-electron chi connectivity index (χ1n) is 7.98. The second-order valence-corrected chi connectivity index (χ2v) is 6.11. The van der Waals surface area contributed by atoms with E-state index in [0.29, 0.717) is 5.82 Å². The van der Waals surface area contributed by atoms with Crippen LogP contribution in [-0.2, 0) is 9.53 Å². The number of benzene rings is 1. The standard InChI is InChI=1S/C18H16ClFN4O3/c1-11(18(26)27-2)22-16(25)13-10-21-24(17(13)23-7-3-4-8-23)15-9-12(20)5-6-14(15)19/h3-11H,1-2H3,(H,22,25). The van der Waals surface area contributed by atoms with Crippen molar-refractivity contribution in [3.05, 3.63) is 65.3 Å². The van der Waals surface area contributed by atoms with E-state index in [-0.39, 0.29) is 16.3 Å². The van der Waals surface area contributed by atoms with E-state index in [1.54, 1.807) is 29.1 Å². The van der Waals surface area contributed by atoms with Crippen LogP contribution in [0.15, 0.2) is 48.9 Å². The van der Waals surface area contributed by atoms with Crippen LogP contribution in [0.25, 0.3) is 11.5 Å². The number of carbonyl (C=O) groups excluding carboxylic acids is 2. The molecule has 0 aliphatic carbocycles. The molecule has 2 heterocycles. The van der Waals surface area contributed by atoms with Gasteiger partial charge in [-0.15, -0.1) is 0 Å². The molecule has 0 fully saturated rings. The first-order valence-corrected chi connectivity index (χ1v) is 8.35. The third-order valence-corrected chi connectivity index (χ3v) is 4.20. The number of nitrogens with zero attached hydrogens (tertiary/aromatic N) is 3. The maximum absolute atomic E-state index is 13.7. The Morgan fingerprint density at radius 2 is 2.00 bits per heavy atom. The molecule has 0 saturated heterocycles. The molecule has 0 spiro atoms. The number of aromatic nitrogens is 3. The van der Waals surface area contributed by atoms with Crippen molar-refractivity contribution in [3.8, 4) is 11.5 Å². The van der Waals surface area contributed by atoms with Crippen molar-refractivity contribution >= 4 is 23.5 Å². The second kappa shape index (κ2) is 7.63. The monoisotopic (exact) mass is 390 g/mol. The summed E-state index contributed by atoms with van der Waals surface area (Å²) in [5.41, 5.74) is 0.461. The Morgan fingerprint density at radius 1 is 1.30 bits per heavy atom. The topological polar surface area (TPSA) is 78.2 Å². The number of carbonyl (C=O) groups is 2. The summed E-state index contributed by atoms with van der Waals surface area (Å²) in [4.78, 5) is 24.3. The van der Waals surface area contributed by atoms with Gasteiger partial charge in [0.1, 0.15) is 17.4 Å². The van der Waals surface area contributed by atoms with Crippen molar-refractivity contribution < 1.29 is 18.7 Å². The van der Waals surface area contributed by atoms with E-state index in [0.717, 1.165) is 0 Å². The number of amides is 1. The molecule has 1 N–H and O–H groups in total. The van der Waals surface area contributed by atoms with Gasteiger partial charge in [0.25, 0.3) is 5.91 Å². The summed E-state index contributed by atoms with van der Waals surface area (Å²) in [5.74, 6) is -1.25. The van der Waals surface area contributed by atoms with Gasteiger partial charge in [-0.25, -0.2) is 13.9 Å². The summed E-state index contributed by atoms with van der Waals surface area (Å²) in [5, 5.41) is 7.02. The second-order valence-electron chi connectivity index (χ2n) is 5.70. The minimum Gasteiger partial charge on any atom is -0.467 e. The number of methoxy groups -OCH3 is 1. The highest BCUT2D eigenvalue weighted by molar-refractivity contribution is 6.32. The molecule has 9 heteroatoms. The molecule has 0 saturated carbocycles. The minimum atomic E-state index is -0.846. The number of nitrogens with one attached hydrogen (secondary N) is 1. The van der Waals surface area contributed by atoms with Crippen LogP contribution in [0.1, 0.15) is 17.3 Å². The van der Waals surface area contributed by atoms with E-state index < -0.39 is 23.7 Å². The average Bonchev–Trinajstić information content (AvgIpc) is 3.31. The molecular weight excluding hydrogens is 375 g/mol. The highest BCUT2D eigenvalue weighted by atomic mass is 35.5. The lowest BCUT2D eigenvalue weighted by molar-refractivity contribution is -0.142. The van der Waals surface area contributed by atoms with E-state index >= 15 is 0 Å². The summed E-state index contributed by atoms with van der Waals surface area (Å²) < 4.78 is 21.4. The van der Waals surface area contributed by atoms with Crippen LogP contribution in [0.3, 0.4) is 0 Å². The van der Waals surface area contributed by atoms with Crippen molar-refractivity contribution in [2.24, 2.45) is 0 Å². The lowest BCUT2D eigenvalue weighted by Gasteiger charge is -2.14. The minimum absolute atomic E-state index is 0.183. The lowest BCUT2D eigenvalue weighted by atomic mass is 10.2. The molecule has 3 rings (SSSR count). The van der Waals surface area contributed by atoms with Gasteiger partial charge in [0, 0.05) is 18.5 Å². The van der Waals surface area contributed by atoms with E-state index in [1.807, 2.05) is 0 Å². The predicted molar refractivity (Wildman–Crippen MR) is 96.8 cm³/mol. The molecule has 3 aromatic rings. The van der Waals surface area contributed by atoms with Gasteiger partial charge < -0.3 is 14.6 Å². The van der Waals surface area contributed by atoms with Crippen LogP contribution in [-0.4, -0.2) is 39.4 Å². The van der Waals surface area contributed by atoms with E-state index in [9.17, 15) is 14.0 Å². The molecule has 0 radical (unpaired) electrons. The molecular formula is C18H16ClFN4O3. The van der Waals surface area contributed by atoms with Crippen LogP contribution < -0.4 is 5.32 Å². The number of rotatable bonds is 5. The van der Waals surface area contributed by atoms with Crippen LogP contribution in [0.4, 0.5) is 4.39 Å². The molecule has 0 bridgehead atoms. The van der Waals surface area contributed by atoms with Crippen molar-refractivity contribution in [3.63, 3.8) is 0 Å². The average molecular weight is 391 g/mol. The fourth-order valence-electron chi connectivity index (χ4n) is 2.56. The Labute approximate surface area is 159 Å². The first kappa shape index (κ1) is 18.7. The molecule has 7 nitrogen and oxygen atoms in total. The van der Waals surface area contributed by atoms with Gasteiger partial charge in [-0.3, -0.25) is 4.79 Å². The molecule has 1 aromatic carbocycles. The normalized spacial score (nSPS) is 11.9. The van der Waals surface area contributed by atoms with Crippen molar-refractivity contribution in [2.45, 2.75) is 13.0 Å². The summed E-state index contributed by atoms with van der Waals surface area (Å²) in [6, 6.07) is 6.55. The predicted octanol–water partition coefficient (Wildman–Crippen LogP) is 2.75. The van der Waals surface area contributed by atoms with Gasteiger partial charge in [-0.1, -0.05) is 11.6 Å². The van der Waals surface area contributed by atoms with Crippen molar-refractivity contribution in [2.75, 3.05) is 7.11 Å². The van der Waals surface area contributed by atoms with Gasteiger partial charge >= 0.3 is 5.97 Å². The van der Waals surface area contributed by atoms with Gasteiger partial charge in [-0.2, -0.15) is 5.10 Å². The molecule has 0 aliphatic rings. The summed E-state index contributed by atoms with van der Waals surface area (Å²) in [6.07, 6.45) is 4.75. The fourth-order valence-corrected chi connectivity index (χ4v) is 2.76. The molecule has 1 amide bonds. The molecule has 27 heavy (non-hydrogen) atoms. The zero-order valence-corrected chi connectivity index (χ0v) is 15.3. The van der Waals surface area contributed by atoms with Crippen LogP contribution >= 0.6 is 11.6 Å². The Morgan fingerprint density at radius 3 is 2.67 bits per heavy atom.